The summed E-state index contributed by atoms with van der Waals surface area (Å²) in [6.45, 7) is 0. The zero-order chi connectivity index (χ0) is 7.14. The lowest BCUT2D eigenvalue weighted by atomic mass is 10.4. The van der Waals surface area contributed by atoms with Gasteiger partial charge in [-0.1, -0.05) is 11.6 Å². The molecule has 0 bridgehead atoms. The minimum Gasteiger partial charge on any atom is -0.327 e. The summed E-state index contributed by atoms with van der Waals surface area (Å²) in [6, 6.07) is 0.358. The van der Waals surface area contributed by atoms with E-state index in [0.29, 0.717) is 16.4 Å². The first kappa shape index (κ1) is 6.58. The lowest BCUT2D eigenvalue weighted by Crippen LogP contribution is -1.99. The molecule has 1 aromatic rings. The van der Waals surface area contributed by atoms with Gasteiger partial charge in [0.05, 0.1) is 0 Å². The summed E-state index contributed by atoms with van der Waals surface area (Å²) in [7, 11) is 0. The summed E-state index contributed by atoms with van der Waals surface area (Å²) < 4.78 is 0.620. The van der Waals surface area contributed by atoms with Gasteiger partial charge in [0.25, 0.3) is 0 Å². The van der Waals surface area contributed by atoms with Crippen LogP contribution in [-0.2, 0) is 0 Å². The van der Waals surface area contributed by atoms with Gasteiger partial charge in [-0.15, -0.1) is 11.3 Å². The molecule has 0 amide bonds. The Morgan fingerprint density at radius 1 is 1.80 bits per heavy atom. The molecule has 0 aromatic carbocycles. The number of aromatic nitrogens is 1. The molecule has 2 N–H and O–H groups in total. The Hall–Kier alpha value is -0.120. The Kier molecular flexibility index (Phi) is 1.44. The number of nitrogens with zero attached hydrogens (tertiary/aromatic N) is 1. The topological polar surface area (TPSA) is 38.9 Å². The maximum atomic E-state index is 5.65. The molecule has 1 fully saturated rings. The lowest BCUT2D eigenvalue weighted by molar-refractivity contribution is 1.00. The number of nitrogens with two attached hydrogens (primary N) is 1. The van der Waals surface area contributed by atoms with E-state index in [2.05, 4.69) is 4.98 Å². The fraction of sp³-hybridized carbons (Fsp3) is 0.500. The van der Waals surface area contributed by atoms with E-state index in [1.165, 1.54) is 16.2 Å². The van der Waals surface area contributed by atoms with E-state index in [0.717, 1.165) is 6.42 Å². The SMILES string of the molecule is NC1CC1c1cnc(Cl)s1. The molecule has 10 heavy (non-hydrogen) atoms. The minimum absolute atomic E-state index is 0.358. The highest BCUT2D eigenvalue weighted by Crippen LogP contribution is 2.42. The van der Waals surface area contributed by atoms with Crippen molar-refractivity contribution >= 4 is 22.9 Å². The van der Waals surface area contributed by atoms with E-state index in [1.54, 1.807) is 0 Å². The van der Waals surface area contributed by atoms with Gasteiger partial charge < -0.3 is 5.73 Å². The highest BCUT2D eigenvalue weighted by atomic mass is 35.5. The average Bonchev–Trinajstić information content (AvgIpc) is 2.42. The smallest absolute Gasteiger partial charge is 0.183 e. The van der Waals surface area contributed by atoms with Crippen LogP contribution in [0.2, 0.25) is 4.47 Å². The summed E-state index contributed by atoms with van der Waals surface area (Å²) in [4.78, 5) is 5.17. The second kappa shape index (κ2) is 2.19. The average molecular weight is 175 g/mol. The number of rotatable bonds is 1. The molecule has 0 aliphatic heterocycles. The van der Waals surface area contributed by atoms with Crippen LogP contribution in [0.5, 0.6) is 0 Å². The van der Waals surface area contributed by atoms with Crippen LogP contribution in [0.15, 0.2) is 6.20 Å². The van der Waals surface area contributed by atoms with Crippen LogP contribution in [0.25, 0.3) is 0 Å². The van der Waals surface area contributed by atoms with Crippen molar-refractivity contribution in [2.75, 3.05) is 0 Å². The fourth-order valence-electron chi connectivity index (χ4n) is 0.978. The van der Waals surface area contributed by atoms with E-state index in [1.807, 2.05) is 6.20 Å². The maximum absolute atomic E-state index is 5.65. The van der Waals surface area contributed by atoms with Crippen molar-refractivity contribution in [1.82, 2.24) is 4.98 Å². The molecule has 0 saturated heterocycles. The molecule has 54 valence electrons. The molecule has 2 atom stereocenters. The van der Waals surface area contributed by atoms with Crippen molar-refractivity contribution in [2.45, 2.75) is 18.4 Å². The predicted octanol–water partition coefficient (Wildman–Crippen LogP) is 1.61. The Labute approximate surface area is 68.0 Å². The monoisotopic (exact) mass is 174 g/mol. The summed E-state index contributed by atoms with van der Waals surface area (Å²) in [5.74, 6) is 0.546. The van der Waals surface area contributed by atoms with E-state index < -0.39 is 0 Å². The summed E-state index contributed by atoms with van der Waals surface area (Å²) >= 11 is 7.18. The summed E-state index contributed by atoms with van der Waals surface area (Å²) in [6.07, 6.45) is 2.92. The molecule has 0 spiro atoms. The molecule has 1 aromatic heterocycles. The van der Waals surface area contributed by atoms with Gasteiger partial charge in [-0.05, 0) is 6.42 Å². The van der Waals surface area contributed by atoms with Crippen LogP contribution in [0.4, 0.5) is 0 Å². The minimum atomic E-state index is 0.358. The first-order valence-corrected chi connectivity index (χ1v) is 4.33. The molecule has 2 rings (SSSR count). The number of thiazole rings is 1. The van der Waals surface area contributed by atoms with Crippen LogP contribution in [0.3, 0.4) is 0 Å². The molecule has 1 heterocycles. The van der Waals surface area contributed by atoms with E-state index >= 15 is 0 Å². The quantitative estimate of drug-likeness (QED) is 0.703. The van der Waals surface area contributed by atoms with Gasteiger partial charge in [0.2, 0.25) is 0 Å². The number of hydrogen-bond acceptors (Lipinski definition) is 3. The van der Waals surface area contributed by atoms with Crippen LogP contribution >= 0.6 is 22.9 Å². The predicted molar refractivity (Wildman–Crippen MR) is 42.5 cm³/mol. The zero-order valence-corrected chi connectivity index (χ0v) is 6.82. The lowest BCUT2D eigenvalue weighted by Gasteiger charge is -1.85. The highest BCUT2D eigenvalue weighted by molar-refractivity contribution is 7.15. The van der Waals surface area contributed by atoms with E-state index in [-0.39, 0.29) is 0 Å². The van der Waals surface area contributed by atoms with Gasteiger partial charge in [0.1, 0.15) is 0 Å². The third-order valence-corrected chi connectivity index (χ3v) is 2.95. The van der Waals surface area contributed by atoms with E-state index in [4.69, 9.17) is 17.3 Å². The second-order valence-electron chi connectivity index (χ2n) is 2.52. The molecular formula is C6H7ClN2S. The molecular weight excluding hydrogens is 168 g/mol. The van der Waals surface area contributed by atoms with Gasteiger partial charge in [-0.3, -0.25) is 0 Å². The van der Waals surface area contributed by atoms with Gasteiger partial charge in [0, 0.05) is 23.0 Å². The summed E-state index contributed by atoms with van der Waals surface area (Å²) in [5.41, 5.74) is 5.64. The van der Waals surface area contributed by atoms with Crippen molar-refractivity contribution in [3.05, 3.63) is 15.5 Å². The van der Waals surface area contributed by atoms with Crippen LogP contribution < -0.4 is 5.73 Å². The van der Waals surface area contributed by atoms with Crippen LogP contribution in [0.1, 0.15) is 17.2 Å². The zero-order valence-electron chi connectivity index (χ0n) is 5.25. The van der Waals surface area contributed by atoms with Crippen molar-refractivity contribution in [3.8, 4) is 0 Å². The number of halogens is 1. The second-order valence-corrected chi connectivity index (χ2v) is 4.17. The highest BCUT2D eigenvalue weighted by Gasteiger charge is 2.36. The maximum Gasteiger partial charge on any atom is 0.183 e. The Morgan fingerprint density at radius 3 is 2.90 bits per heavy atom. The molecule has 2 nitrogen and oxygen atoms in total. The largest absolute Gasteiger partial charge is 0.327 e. The Balaban J connectivity index is 2.20. The van der Waals surface area contributed by atoms with Crippen molar-refractivity contribution in [3.63, 3.8) is 0 Å². The third kappa shape index (κ3) is 1.05. The molecule has 2 unspecified atom stereocenters. The van der Waals surface area contributed by atoms with Gasteiger partial charge in [-0.2, -0.15) is 0 Å². The van der Waals surface area contributed by atoms with Crippen molar-refractivity contribution in [2.24, 2.45) is 5.73 Å². The van der Waals surface area contributed by atoms with Gasteiger partial charge >= 0.3 is 0 Å². The van der Waals surface area contributed by atoms with Crippen LogP contribution in [0, 0.1) is 0 Å². The Morgan fingerprint density at radius 2 is 2.50 bits per heavy atom. The standard InChI is InChI=1S/C6H7ClN2S/c7-6-9-2-5(10-6)3-1-4(3)8/h2-4H,1,8H2. The summed E-state index contributed by atoms with van der Waals surface area (Å²) in [5, 5.41) is 0. The van der Waals surface area contributed by atoms with Gasteiger partial charge in [0.15, 0.2) is 4.47 Å². The van der Waals surface area contributed by atoms with E-state index in [9.17, 15) is 0 Å². The Bertz CT molecular complexity index is 248. The van der Waals surface area contributed by atoms with Crippen molar-refractivity contribution < 1.29 is 0 Å². The number of hydrogen-bond donors (Lipinski definition) is 1. The first-order chi connectivity index (χ1) is 4.77. The molecule has 1 aliphatic rings. The molecule has 0 radical (unpaired) electrons. The third-order valence-electron chi connectivity index (χ3n) is 1.70. The molecule has 1 aliphatic carbocycles. The molecule has 4 heteroatoms. The molecule has 1 saturated carbocycles. The fourth-order valence-corrected chi connectivity index (χ4v) is 2.12. The van der Waals surface area contributed by atoms with Gasteiger partial charge in [-0.25, -0.2) is 4.98 Å². The first-order valence-electron chi connectivity index (χ1n) is 3.14. The normalized spacial score (nSPS) is 30.6. The van der Waals surface area contributed by atoms with Crippen LogP contribution in [-0.4, -0.2) is 11.0 Å². The van der Waals surface area contributed by atoms with Crippen molar-refractivity contribution in [1.29, 1.82) is 0 Å².